The van der Waals surface area contributed by atoms with Crippen LogP contribution in [0.25, 0.3) is 0 Å². The monoisotopic (exact) mass is 210 g/mol. The van der Waals surface area contributed by atoms with E-state index in [-0.39, 0.29) is 0 Å². The SMILES string of the molecule is COCc1nc(C(C)C)c(CC#N)s1. The van der Waals surface area contributed by atoms with Crippen molar-refractivity contribution < 1.29 is 4.74 Å². The molecule has 0 aliphatic heterocycles. The minimum atomic E-state index is 0.375. The van der Waals surface area contributed by atoms with Crippen molar-refractivity contribution in [3.05, 3.63) is 15.6 Å². The summed E-state index contributed by atoms with van der Waals surface area (Å²) in [6.45, 7) is 4.72. The number of hydrogen-bond acceptors (Lipinski definition) is 4. The van der Waals surface area contributed by atoms with E-state index in [1.54, 1.807) is 18.4 Å². The first-order valence-corrected chi connectivity index (χ1v) is 5.35. The van der Waals surface area contributed by atoms with Crippen molar-refractivity contribution >= 4 is 11.3 Å². The molecule has 0 saturated carbocycles. The molecule has 0 atom stereocenters. The Morgan fingerprint density at radius 3 is 2.79 bits per heavy atom. The van der Waals surface area contributed by atoms with Gasteiger partial charge in [0.05, 0.1) is 24.8 Å². The second kappa shape index (κ2) is 5.08. The molecule has 1 aromatic heterocycles. The zero-order valence-corrected chi connectivity index (χ0v) is 9.52. The molecule has 1 heterocycles. The molecular formula is C10H14N2OS. The highest BCUT2D eigenvalue weighted by atomic mass is 32.1. The number of ether oxygens (including phenoxy) is 1. The molecule has 0 amide bonds. The number of aromatic nitrogens is 1. The van der Waals surface area contributed by atoms with Crippen molar-refractivity contribution in [2.24, 2.45) is 0 Å². The van der Waals surface area contributed by atoms with E-state index in [4.69, 9.17) is 10.00 Å². The second-order valence-corrected chi connectivity index (χ2v) is 4.51. The van der Waals surface area contributed by atoms with Crippen LogP contribution in [0.5, 0.6) is 0 Å². The average Bonchev–Trinajstić information content (AvgIpc) is 2.49. The minimum Gasteiger partial charge on any atom is -0.378 e. The second-order valence-electron chi connectivity index (χ2n) is 3.34. The van der Waals surface area contributed by atoms with E-state index >= 15 is 0 Å². The Hall–Kier alpha value is -0.920. The van der Waals surface area contributed by atoms with Gasteiger partial charge < -0.3 is 4.74 Å². The maximum atomic E-state index is 8.66. The van der Waals surface area contributed by atoms with Gasteiger partial charge in [-0.3, -0.25) is 0 Å². The highest BCUT2D eigenvalue weighted by Crippen LogP contribution is 2.25. The lowest BCUT2D eigenvalue weighted by atomic mass is 10.1. The molecule has 0 bridgehead atoms. The lowest BCUT2D eigenvalue weighted by Crippen LogP contribution is -1.93. The zero-order chi connectivity index (χ0) is 10.6. The lowest BCUT2D eigenvalue weighted by Gasteiger charge is -2.00. The summed E-state index contributed by atoms with van der Waals surface area (Å²) >= 11 is 1.58. The molecule has 1 aromatic rings. The van der Waals surface area contributed by atoms with Crippen LogP contribution in [0, 0.1) is 11.3 Å². The first kappa shape index (κ1) is 11.2. The molecule has 0 saturated heterocycles. The summed E-state index contributed by atoms with van der Waals surface area (Å²) in [5.74, 6) is 0.375. The number of hydrogen-bond donors (Lipinski definition) is 0. The van der Waals surface area contributed by atoms with E-state index in [1.165, 1.54) is 0 Å². The molecule has 0 aliphatic carbocycles. The van der Waals surface area contributed by atoms with Gasteiger partial charge in [-0.15, -0.1) is 11.3 Å². The molecule has 4 heteroatoms. The van der Waals surface area contributed by atoms with Gasteiger partial charge in [0, 0.05) is 12.0 Å². The van der Waals surface area contributed by atoms with Gasteiger partial charge in [-0.2, -0.15) is 5.26 Å². The van der Waals surface area contributed by atoms with Crippen LogP contribution in [0.1, 0.15) is 35.3 Å². The summed E-state index contributed by atoms with van der Waals surface area (Å²) in [6, 6.07) is 2.16. The summed E-state index contributed by atoms with van der Waals surface area (Å²) in [5, 5.41) is 9.62. The van der Waals surface area contributed by atoms with Crippen molar-refractivity contribution in [2.45, 2.75) is 32.8 Å². The predicted octanol–water partition coefficient (Wildman–Crippen LogP) is 2.48. The minimum absolute atomic E-state index is 0.375. The number of thiazole rings is 1. The summed E-state index contributed by atoms with van der Waals surface area (Å²) in [4.78, 5) is 5.54. The van der Waals surface area contributed by atoms with Crippen molar-refractivity contribution in [3.8, 4) is 6.07 Å². The number of nitriles is 1. The fourth-order valence-electron chi connectivity index (χ4n) is 1.25. The van der Waals surface area contributed by atoms with Gasteiger partial charge >= 0.3 is 0 Å². The standard InChI is InChI=1S/C10H14N2OS/c1-7(2)10-8(4-5-11)14-9(12-10)6-13-3/h7H,4,6H2,1-3H3. The van der Waals surface area contributed by atoms with Crippen LogP contribution in [-0.4, -0.2) is 12.1 Å². The molecule has 3 nitrogen and oxygen atoms in total. The van der Waals surface area contributed by atoms with Crippen molar-refractivity contribution in [3.63, 3.8) is 0 Å². The highest BCUT2D eigenvalue weighted by molar-refractivity contribution is 7.11. The van der Waals surface area contributed by atoms with E-state index in [0.717, 1.165) is 15.6 Å². The van der Waals surface area contributed by atoms with Gasteiger partial charge in [-0.25, -0.2) is 4.98 Å². The van der Waals surface area contributed by atoms with E-state index in [2.05, 4.69) is 24.9 Å². The van der Waals surface area contributed by atoms with Gasteiger partial charge in [-0.1, -0.05) is 13.8 Å². The maximum absolute atomic E-state index is 8.66. The fourth-order valence-corrected chi connectivity index (χ4v) is 2.38. The topological polar surface area (TPSA) is 45.9 Å². The highest BCUT2D eigenvalue weighted by Gasteiger charge is 2.13. The molecule has 0 radical (unpaired) electrons. The molecule has 0 unspecified atom stereocenters. The van der Waals surface area contributed by atoms with Crippen molar-refractivity contribution in [2.75, 3.05) is 7.11 Å². The van der Waals surface area contributed by atoms with Gasteiger partial charge in [0.1, 0.15) is 5.01 Å². The number of methoxy groups -OCH3 is 1. The van der Waals surface area contributed by atoms with Crippen LogP contribution >= 0.6 is 11.3 Å². The summed E-state index contributed by atoms with van der Waals surface area (Å²) in [5.41, 5.74) is 1.05. The third-order valence-corrected chi connectivity index (χ3v) is 2.87. The van der Waals surface area contributed by atoms with E-state index in [9.17, 15) is 0 Å². The van der Waals surface area contributed by atoms with Gasteiger partial charge in [0.15, 0.2) is 0 Å². The Morgan fingerprint density at radius 1 is 1.57 bits per heavy atom. The molecule has 0 N–H and O–H groups in total. The maximum Gasteiger partial charge on any atom is 0.119 e. The molecule has 0 spiro atoms. The Morgan fingerprint density at radius 2 is 2.29 bits per heavy atom. The van der Waals surface area contributed by atoms with Crippen LogP contribution in [0.15, 0.2) is 0 Å². The molecule has 0 aromatic carbocycles. The largest absolute Gasteiger partial charge is 0.378 e. The Labute approximate surface area is 88.4 Å². The molecule has 14 heavy (non-hydrogen) atoms. The molecule has 76 valence electrons. The summed E-state index contributed by atoms with van der Waals surface area (Å²) in [6.07, 6.45) is 0.453. The van der Waals surface area contributed by atoms with Gasteiger partial charge in [0.25, 0.3) is 0 Å². The van der Waals surface area contributed by atoms with Crippen LogP contribution < -0.4 is 0 Å². The van der Waals surface area contributed by atoms with Gasteiger partial charge in [-0.05, 0) is 5.92 Å². The Balaban J connectivity index is 2.94. The van der Waals surface area contributed by atoms with Crippen molar-refractivity contribution in [1.82, 2.24) is 4.98 Å². The van der Waals surface area contributed by atoms with Crippen LogP contribution in [0.3, 0.4) is 0 Å². The van der Waals surface area contributed by atoms with Crippen LogP contribution in [-0.2, 0) is 17.8 Å². The number of nitrogens with zero attached hydrogens (tertiary/aromatic N) is 2. The predicted molar refractivity (Wildman–Crippen MR) is 56.2 cm³/mol. The third-order valence-electron chi connectivity index (χ3n) is 1.83. The van der Waals surface area contributed by atoms with Crippen molar-refractivity contribution in [1.29, 1.82) is 5.26 Å². The quantitative estimate of drug-likeness (QED) is 0.767. The fraction of sp³-hybridized carbons (Fsp3) is 0.600. The third kappa shape index (κ3) is 2.53. The Kier molecular flexibility index (Phi) is 4.05. The van der Waals surface area contributed by atoms with Gasteiger partial charge in [0.2, 0.25) is 0 Å². The molecule has 0 fully saturated rings. The lowest BCUT2D eigenvalue weighted by molar-refractivity contribution is 0.184. The Bertz CT molecular complexity index is 338. The summed E-state index contributed by atoms with van der Waals surface area (Å²) in [7, 11) is 1.65. The smallest absolute Gasteiger partial charge is 0.119 e. The average molecular weight is 210 g/mol. The zero-order valence-electron chi connectivity index (χ0n) is 8.70. The molecule has 0 aliphatic rings. The first-order chi connectivity index (χ1) is 6.69. The van der Waals surface area contributed by atoms with Crippen LogP contribution in [0.2, 0.25) is 0 Å². The molecule has 1 rings (SSSR count). The number of rotatable bonds is 4. The van der Waals surface area contributed by atoms with Crippen LogP contribution in [0.4, 0.5) is 0 Å². The van der Waals surface area contributed by atoms with E-state index in [1.807, 2.05) is 0 Å². The van der Waals surface area contributed by atoms with E-state index < -0.39 is 0 Å². The summed E-state index contributed by atoms with van der Waals surface area (Å²) < 4.78 is 5.02. The normalized spacial score (nSPS) is 10.5. The molecular weight excluding hydrogens is 196 g/mol. The van der Waals surface area contributed by atoms with E-state index in [0.29, 0.717) is 18.9 Å². The first-order valence-electron chi connectivity index (χ1n) is 4.53.